The highest BCUT2D eigenvalue weighted by molar-refractivity contribution is 9.10. The molecule has 0 atom stereocenters. The van der Waals surface area contributed by atoms with Crippen LogP contribution in [0.5, 0.6) is 0 Å². The fourth-order valence-corrected chi connectivity index (χ4v) is 3.56. The molecule has 2 aliphatic rings. The molecule has 2 fully saturated rings. The van der Waals surface area contributed by atoms with E-state index >= 15 is 0 Å². The quantitative estimate of drug-likeness (QED) is 0.864. The summed E-state index contributed by atoms with van der Waals surface area (Å²) in [7, 11) is 0. The molecule has 2 saturated heterocycles. The molecule has 98 valence electrons. The highest BCUT2D eigenvalue weighted by Crippen LogP contribution is 2.40. The molecule has 0 saturated carbocycles. The Morgan fingerprint density at radius 1 is 1.17 bits per heavy atom. The van der Waals surface area contributed by atoms with Gasteiger partial charge in [-0.2, -0.15) is 0 Å². The molecule has 0 aliphatic carbocycles. The second-order valence-electron chi connectivity index (χ2n) is 5.57. The zero-order valence-electron chi connectivity index (χ0n) is 10.7. The number of anilines is 1. The summed E-state index contributed by atoms with van der Waals surface area (Å²) >= 11 is 3.52. The van der Waals surface area contributed by atoms with Gasteiger partial charge in [0.05, 0.1) is 0 Å². The van der Waals surface area contributed by atoms with Crippen LogP contribution < -0.4 is 10.2 Å². The topological polar surface area (TPSA) is 28.2 Å². The Morgan fingerprint density at radius 3 is 2.56 bits per heavy atom. The summed E-state index contributed by atoms with van der Waals surface area (Å²) in [5, 5.41) is 3.47. The van der Waals surface area contributed by atoms with Crippen LogP contribution in [-0.2, 0) is 0 Å². The number of rotatable bonds is 1. The average molecular weight is 310 g/mol. The largest absolute Gasteiger partial charge is 0.357 e. The summed E-state index contributed by atoms with van der Waals surface area (Å²) in [4.78, 5) is 6.91. The molecule has 3 rings (SSSR count). The van der Waals surface area contributed by atoms with E-state index in [-0.39, 0.29) is 0 Å². The minimum Gasteiger partial charge on any atom is -0.357 e. The van der Waals surface area contributed by atoms with Crippen LogP contribution in [0.4, 0.5) is 5.82 Å². The van der Waals surface area contributed by atoms with E-state index in [4.69, 9.17) is 0 Å². The second kappa shape index (κ2) is 5.17. The van der Waals surface area contributed by atoms with Crippen LogP contribution >= 0.6 is 15.9 Å². The zero-order valence-corrected chi connectivity index (χ0v) is 12.2. The van der Waals surface area contributed by atoms with Gasteiger partial charge in [-0.25, -0.2) is 4.98 Å². The number of hydrogen-bond acceptors (Lipinski definition) is 3. The number of aromatic nitrogens is 1. The van der Waals surface area contributed by atoms with Crippen molar-refractivity contribution in [2.45, 2.75) is 25.7 Å². The van der Waals surface area contributed by atoms with Crippen molar-refractivity contribution in [2.24, 2.45) is 5.41 Å². The Bertz CT molecular complexity index is 405. The molecule has 4 heteroatoms. The van der Waals surface area contributed by atoms with Crippen LogP contribution in [-0.4, -0.2) is 31.2 Å². The van der Waals surface area contributed by atoms with E-state index in [1.807, 2.05) is 12.3 Å². The predicted octanol–water partition coefficient (Wildman–Crippen LogP) is 2.81. The van der Waals surface area contributed by atoms with Crippen molar-refractivity contribution in [2.75, 3.05) is 31.1 Å². The highest BCUT2D eigenvalue weighted by Gasteiger charge is 2.35. The molecule has 1 spiro atoms. The van der Waals surface area contributed by atoms with Crippen molar-refractivity contribution < 1.29 is 0 Å². The first-order valence-corrected chi connectivity index (χ1v) is 7.64. The maximum absolute atomic E-state index is 4.48. The van der Waals surface area contributed by atoms with Gasteiger partial charge >= 0.3 is 0 Å². The predicted molar refractivity (Wildman–Crippen MR) is 77.9 cm³/mol. The molecule has 3 heterocycles. The van der Waals surface area contributed by atoms with Gasteiger partial charge in [-0.05, 0) is 56.3 Å². The third-order valence-corrected chi connectivity index (χ3v) is 5.01. The molecule has 18 heavy (non-hydrogen) atoms. The van der Waals surface area contributed by atoms with Crippen LogP contribution in [0, 0.1) is 5.41 Å². The minimum absolute atomic E-state index is 0.619. The maximum atomic E-state index is 4.48. The summed E-state index contributed by atoms with van der Waals surface area (Å²) in [5.41, 5.74) is 0.619. The molecule has 0 unspecified atom stereocenters. The van der Waals surface area contributed by atoms with Gasteiger partial charge in [0.25, 0.3) is 0 Å². The zero-order chi connectivity index (χ0) is 12.4. The first-order valence-electron chi connectivity index (χ1n) is 6.85. The van der Waals surface area contributed by atoms with Crippen LogP contribution in [0.15, 0.2) is 22.8 Å². The van der Waals surface area contributed by atoms with Gasteiger partial charge in [0, 0.05) is 23.8 Å². The molecular formula is C14H20BrN3. The third kappa shape index (κ3) is 2.54. The summed E-state index contributed by atoms with van der Waals surface area (Å²) in [5.74, 6) is 1.12. The lowest BCUT2D eigenvalue weighted by atomic mass is 9.71. The van der Waals surface area contributed by atoms with Crippen LogP contribution in [0.2, 0.25) is 0 Å². The van der Waals surface area contributed by atoms with E-state index in [1.165, 1.54) is 38.8 Å². The standard InChI is InChI=1S/C14H20BrN3/c15-12-1-6-17-13(11-12)18-9-4-14(5-10-18)2-7-16-8-3-14/h1,6,11,16H,2-5,7-10H2. The van der Waals surface area contributed by atoms with E-state index in [0.717, 1.165) is 23.4 Å². The first-order chi connectivity index (χ1) is 8.77. The number of nitrogens with zero attached hydrogens (tertiary/aromatic N) is 2. The summed E-state index contributed by atoms with van der Waals surface area (Å²) < 4.78 is 1.12. The van der Waals surface area contributed by atoms with Crippen LogP contribution in [0.25, 0.3) is 0 Å². The van der Waals surface area contributed by atoms with E-state index in [0.29, 0.717) is 5.41 Å². The Kier molecular flexibility index (Phi) is 3.57. The van der Waals surface area contributed by atoms with E-state index in [1.54, 1.807) is 0 Å². The maximum Gasteiger partial charge on any atom is 0.129 e. The minimum atomic E-state index is 0.619. The van der Waals surface area contributed by atoms with Crippen LogP contribution in [0.1, 0.15) is 25.7 Å². The van der Waals surface area contributed by atoms with E-state index < -0.39 is 0 Å². The van der Waals surface area contributed by atoms with Crippen molar-refractivity contribution in [3.63, 3.8) is 0 Å². The summed E-state index contributed by atoms with van der Waals surface area (Å²) in [6.07, 6.45) is 7.24. The van der Waals surface area contributed by atoms with Crippen molar-refractivity contribution in [3.05, 3.63) is 22.8 Å². The van der Waals surface area contributed by atoms with E-state index in [9.17, 15) is 0 Å². The Hall–Kier alpha value is -0.610. The first kappa shape index (κ1) is 12.4. The normalized spacial score (nSPS) is 23.3. The number of hydrogen-bond donors (Lipinski definition) is 1. The fourth-order valence-electron chi connectivity index (χ4n) is 3.23. The molecule has 0 radical (unpaired) electrons. The molecule has 0 aromatic carbocycles. The lowest BCUT2D eigenvalue weighted by molar-refractivity contribution is 0.154. The molecule has 1 N–H and O–H groups in total. The van der Waals surface area contributed by atoms with Crippen molar-refractivity contribution in [3.8, 4) is 0 Å². The SMILES string of the molecule is Brc1ccnc(N2CCC3(CCNCC3)CC2)c1. The lowest BCUT2D eigenvalue weighted by Crippen LogP contribution is -2.45. The molecular weight excluding hydrogens is 290 g/mol. The number of halogens is 1. The van der Waals surface area contributed by atoms with Gasteiger partial charge in [-0.1, -0.05) is 15.9 Å². The number of piperidine rings is 2. The van der Waals surface area contributed by atoms with Gasteiger partial charge in [-0.3, -0.25) is 0 Å². The van der Waals surface area contributed by atoms with Gasteiger partial charge in [0.1, 0.15) is 5.82 Å². The Balaban J connectivity index is 1.66. The summed E-state index contributed by atoms with van der Waals surface area (Å²) in [6.45, 7) is 4.72. The Morgan fingerprint density at radius 2 is 1.89 bits per heavy atom. The van der Waals surface area contributed by atoms with Crippen LogP contribution in [0.3, 0.4) is 0 Å². The van der Waals surface area contributed by atoms with Crippen molar-refractivity contribution in [1.82, 2.24) is 10.3 Å². The lowest BCUT2D eigenvalue weighted by Gasteiger charge is -2.44. The molecule has 1 aromatic rings. The van der Waals surface area contributed by atoms with Crippen molar-refractivity contribution >= 4 is 21.7 Å². The van der Waals surface area contributed by atoms with E-state index in [2.05, 4.69) is 37.2 Å². The van der Waals surface area contributed by atoms with Crippen molar-refractivity contribution in [1.29, 1.82) is 0 Å². The third-order valence-electron chi connectivity index (χ3n) is 4.52. The second-order valence-corrected chi connectivity index (χ2v) is 6.48. The van der Waals surface area contributed by atoms with Gasteiger partial charge in [0.15, 0.2) is 0 Å². The van der Waals surface area contributed by atoms with Gasteiger partial charge in [-0.15, -0.1) is 0 Å². The number of nitrogens with one attached hydrogen (secondary N) is 1. The highest BCUT2D eigenvalue weighted by atomic mass is 79.9. The molecule has 0 bridgehead atoms. The fraction of sp³-hybridized carbons (Fsp3) is 0.643. The number of pyridine rings is 1. The molecule has 1 aromatic heterocycles. The smallest absolute Gasteiger partial charge is 0.129 e. The molecule has 0 amide bonds. The monoisotopic (exact) mass is 309 g/mol. The Labute approximate surface area is 117 Å². The average Bonchev–Trinajstić information content (AvgIpc) is 2.40. The van der Waals surface area contributed by atoms with Gasteiger partial charge in [0.2, 0.25) is 0 Å². The summed E-state index contributed by atoms with van der Waals surface area (Å²) in [6, 6.07) is 4.11. The van der Waals surface area contributed by atoms with Gasteiger partial charge < -0.3 is 10.2 Å². The molecule has 3 nitrogen and oxygen atoms in total. The molecule has 2 aliphatic heterocycles.